The molecule has 3 rings (SSSR count). The number of aliphatic hydroxyl groups excluding tert-OH is 1. The molecule has 29 heavy (non-hydrogen) atoms. The van der Waals surface area contributed by atoms with E-state index in [1.807, 2.05) is 19.0 Å². The van der Waals surface area contributed by atoms with E-state index in [0.29, 0.717) is 30.0 Å². The van der Waals surface area contributed by atoms with E-state index in [0.717, 1.165) is 6.54 Å². The van der Waals surface area contributed by atoms with Crippen molar-refractivity contribution >= 4 is 29.1 Å². The molecule has 0 aliphatic carbocycles. The number of Topliss-reactive ketones (excluding diaryl/α,β-unsaturated/α-hetero) is 1. The summed E-state index contributed by atoms with van der Waals surface area (Å²) in [5, 5.41) is 11.2. The van der Waals surface area contributed by atoms with Crippen LogP contribution in [0.1, 0.15) is 23.8 Å². The summed E-state index contributed by atoms with van der Waals surface area (Å²) < 4.78 is 10.6. The summed E-state index contributed by atoms with van der Waals surface area (Å²) in [5.41, 5.74) is 0.301. The van der Waals surface area contributed by atoms with E-state index in [1.165, 1.54) is 24.3 Å². The van der Waals surface area contributed by atoms with Crippen molar-refractivity contribution in [1.82, 2.24) is 9.80 Å². The third kappa shape index (κ3) is 4.16. The van der Waals surface area contributed by atoms with Gasteiger partial charge in [0.25, 0.3) is 11.7 Å². The van der Waals surface area contributed by atoms with Gasteiger partial charge in [0.05, 0.1) is 24.0 Å². The van der Waals surface area contributed by atoms with Crippen molar-refractivity contribution in [3.63, 3.8) is 0 Å². The zero-order valence-corrected chi connectivity index (χ0v) is 17.3. The van der Waals surface area contributed by atoms with Crippen LogP contribution in [-0.4, -0.2) is 60.9 Å². The number of ether oxygens (including phenoxy) is 1. The number of hydrogen-bond donors (Lipinski definition) is 1. The van der Waals surface area contributed by atoms with Crippen molar-refractivity contribution in [3.05, 3.63) is 58.5 Å². The number of rotatable bonds is 7. The van der Waals surface area contributed by atoms with Gasteiger partial charge >= 0.3 is 0 Å². The van der Waals surface area contributed by atoms with Gasteiger partial charge in [0.15, 0.2) is 0 Å². The van der Waals surface area contributed by atoms with Crippen LogP contribution in [0.4, 0.5) is 0 Å². The molecule has 154 valence electrons. The monoisotopic (exact) mass is 418 g/mol. The van der Waals surface area contributed by atoms with Gasteiger partial charge in [-0.2, -0.15) is 0 Å². The van der Waals surface area contributed by atoms with Crippen molar-refractivity contribution in [2.75, 3.05) is 34.3 Å². The van der Waals surface area contributed by atoms with E-state index in [9.17, 15) is 14.7 Å². The first-order valence-electron chi connectivity index (χ1n) is 9.15. The first kappa shape index (κ1) is 21.0. The number of benzene rings is 1. The molecule has 0 saturated carbocycles. The number of halogens is 1. The van der Waals surface area contributed by atoms with Gasteiger partial charge in [-0.1, -0.05) is 11.6 Å². The van der Waals surface area contributed by atoms with Crippen LogP contribution in [0.25, 0.3) is 5.76 Å². The number of likely N-dealkylation sites (tertiary alicyclic amines) is 1. The first-order chi connectivity index (χ1) is 13.8. The molecule has 2 heterocycles. The smallest absolute Gasteiger partial charge is 0.295 e. The summed E-state index contributed by atoms with van der Waals surface area (Å²) in [6, 6.07) is 7.23. The average molecular weight is 419 g/mol. The Balaban J connectivity index is 2.05. The van der Waals surface area contributed by atoms with Crippen molar-refractivity contribution in [1.29, 1.82) is 0 Å². The molecular formula is C21H23ClN2O5. The molecule has 1 aromatic carbocycles. The van der Waals surface area contributed by atoms with Gasteiger partial charge in [0, 0.05) is 12.1 Å². The van der Waals surface area contributed by atoms with E-state index in [-0.39, 0.29) is 16.4 Å². The van der Waals surface area contributed by atoms with Gasteiger partial charge in [-0.05, 0) is 57.4 Å². The summed E-state index contributed by atoms with van der Waals surface area (Å²) in [6.07, 6.45) is 2.14. The lowest BCUT2D eigenvalue weighted by Gasteiger charge is -2.24. The minimum absolute atomic E-state index is 0.0176. The van der Waals surface area contributed by atoms with Gasteiger partial charge in [-0.3, -0.25) is 9.59 Å². The second kappa shape index (κ2) is 8.71. The average Bonchev–Trinajstić information content (AvgIpc) is 3.29. The highest BCUT2D eigenvalue weighted by molar-refractivity contribution is 6.46. The minimum Gasteiger partial charge on any atom is -0.507 e. The van der Waals surface area contributed by atoms with E-state index in [4.69, 9.17) is 20.8 Å². The van der Waals surface area contributed by atoms with Crippen LogP contribution in [0, 0.1) is 0 Å². The third-order valence-corrected chi connectivity index (χ3v) is 5.08. The molecule has 0 radical (unpaired) electrons. The highest BCUT2D eigenvalue weighted by atomic mass is 35.5. The molecule has 1 aliphatic rings. The number of ketones is 1. The third-order valence-electron chi connectivity index (χ3n) is 4.78. The van der Waals surface area contributed by atoms with Crippen molar-refractivity contribution in [3.8, 4) is 5.75 Å². The lowest BCUT2D eigenvalue weighted by atomic mass is 9.99. The fourth-order valence-electron chi connectivity index (χ4n) is 3.38. The summed E-state index contributed by atoms with van der Waals surface area (Å²) in [7, 11) is 5.36. The number of furan rings is 1. The largest absolute Gasteiger partial charge is 0.507 e. The SMILES string of the molecule is COc1ccc(/C(O)=C2\C(=O)C(=O)N(CCCN(C)C)[C@H]2c2ccco2)cc1Cl. The normalized spacial score (nSPS) is 18.7. The number of nitrogens with zero attached hydrogens (tertiary/aromatic N) is 2. The molecule has 0 bridgehead atoms. The molecule has 1 saturated heterocycles. The quantitative estimate of drug-likeness (QED) is 0.422. The molecule has 1 fully saturated rings. The summed E-state index contributed by atoms with van der Waals surface area (Å²) in [6.45, 7) is 1.11. The number of amides is 1. The Labute approximate surface area is 174 Å². The highest BCUT2D eigenvalue weighted by Gasteiger charge is 2.47. The van der Waals surface area contributed by atoms with Crippen molar-refractivity contribution in [2.24, 2.45) is 0 Å². The van der Waals surface area contributed by atoms with Crippen LogP contribution in [0.5, 0.6) is 5.75 Å². The zero-order chi connectivity index (χ0) is 21.1. The molecule has 1 aliphatic heterocycles. The van der Waals surface area contributed by atoms with Crippen LogP contribution < -0.4 is 4.74 Å². The van der Waals surface area contributed by atoms with E-state index >= 15 is 0 Å². The van der Waals surface area contributed by atoms with Gasteiger partial charge in [-0.25, -0.2) is 0 Å². The molecule has 7 nitrogen and oxygen atoms in total. The van der Waals surface area contributed by atoms with Gasteiger partial charge in [0.2, 0.25) is 0 Å². The maximum absolute atomic E-state index is 12.8. The molecule has 1 amide bonds. The van der Waals surface area contributed by atoms with Crippen LogP contribution in [-0.2, 0) is 9.59 Å². The minimum atomic E-state index is -0.798. The lowest BCUT2D eigenvalue weighted by Crippen LogP contribution is -2.32. The summed E-state index contributed by atoms with van der Waals surface area (Å²) in [5.74, 6) is -0.860. The first-order valence-corrected chi connectivity index (χ1v) is 9.53. The Morgan fingerprint density at radius 3 is 2.66 bits per heavy atom. The number of carbonyl (C=O) groups excluding carboxylic acids is 2. The Bertz CT molecular complexity index is 937. The second-order valence-electron chi connectivity index (χ2n) is 7.01. The molecule has 0 unspecified atom stereocenters. The Morgan fingerprint density at radius 1 is 1.31 bits per heavy atom. The highest BCUT2D eigenvalue weighted by Crippen LogP contribution is 2.40. The number of carbonyl (C=O) groups is 2. The van der Waals surface area contributed by atoms with E-state index < -0.39 is 17.7 Å². The Hall–Kier alpha value is -2.77. The zero-order valence-electron chi connectivity index (χ0n) is 16.5. The van der Waals surface area contributed by atoms with Crippen LogP contribution in [0.2, 0.25) is 5.02 Å². The molecular weight excluding hydrogens is 396 g/mol. The maximum Gasteiger partial charge on any atom is 0.295 e. The second-order valence-corrected chi connectivity index (χ2v) is 7.42. The predicted molar refractivity (Wildman–Crippen MR) is 109 cm³/mol. The van der Waals surface area contributed by atoms with Crippen molar-refractivity contribution in [2.45, 2.75) is 12.5 Å². The van der Waals surface area contributed by atoms with Crippen LogP contribution >= 0.6 is 11.6 Å². The van der Waals surface area contributed by atoms with Gasteiger partial charge < -0.3 is 24.1 Å². The molecule has 1 atom stereocenters. The standard InChI is InChI=1S/C21H23ClN2O5/c1-23(2)9-5-10-24-18(16-6-4-11-29-16)17(20(26)21(24)27)19(25)13-7-8-15(28-3)14(22)12-13/h4,6-8,11-12,18,25H,5,9-10H2,1-3H3/b19-17+/t18-/m0/s1. The molecule has 0 spiro atoms. The number of aliphatic hydroxyl groups is 1. The van der Waals surface area contributed by atoms with E-state index in [1.54, 1.807) is 24.3 Å². The van der Waals surface area contributed by atoms with Gasteiger partial charge in [-0.15, -0.1) is 0 Å². The fourth-order valence-corrected chi connectivity index (χ4v) is 3.64. The van der Waals surface area contributed by atoms with Crippen molar-refractivity contribution < 1.29 is 23.8 Å². The van der Waals surface area contributed by atoms with Gasteiger partial charge in [0.1, 0.15) is 23.3 Å². The van der Waals surface area contributed by atoms with Crippen LogP contribution in [0.3, 0.4) is 0 Å². The number of hydrogen-bond acceptors (Lipinski definition) is 6. The topological polar surface area (TPSA) is 83.2 Å². The number of methoxy groups -OCH3 is 1. The molecule has 1 N–H and O–H groups in total. The van der Waals surface area contributed by atoms with Crippen LogP contribution in [0.15, 0.2) is 46.6 Å². The lowest BCUT2D eigenvalue weighted by molar-refractivity contribution is -0.140. The summed E-state index contributed by atoms with van der Waals surface area (Å²) >= 11 is 6.16. The molecule has 8 heteroatoms. The Morgan fingerprint density at radius 2 is 2.07 bits per heavy atom. The maximum atomic E-state index is 12.8. The summed E-state index contributed by atoms with van der Waals surface area (Å²) in [4.78, 5) is 29.0. The molecule has 2 aromatic rings. The molecule has 1 aromatic heterocycles. The predicted octanol–water partition coefficient (Wildman–Crippen LogP) is 3.32. The van der Waals surface area contributed by atoms with E-state index in [2.05, 4.69) is 0 Å². The Kier molecular flexibility index (Phi) is 6.30. The fraction of sp³-hybridized carbons (Fsp3) is 0.333.